The van der Waals surface area contributed by atoms with Gasteiger partial charge in [-0.05, 0) is 143 Å². The zero-order chi connectivity index (χ0) is 86.9. The highest BCUT2D eigenvalue weighted by molar-refractivity contribution is 6.13. The van der Waals surface area contributed by atoms with Gasteiger partial charge in [0.2, 0.25) is 11.9 Å². The zero-order valence-corrected chi connectivity index (χ0v) is 71.0. The second-order valence-corrected chi connectivity index (χ2v) is 33.4. The largest absolute Gasteiger partial charge is 0.452 e. The summed E-state index contributed by atoms with van der Waals surface area (Å²) in [5, 5.41) is 7.80. The number of hydrogen-bond acceptors (Lipinski definition) is 10. The summed E-state index contributed by atoms with van der Waals surface area (Å²) in [6, 6.07) is 160. The van der Waals surface area contributed by atoms with Crippen molar-refractivity contribution in [3.63, 3.8) is 0 Å². The van der Waals surface area contributed by atoms with Gasteiger partial charge in [0, 0.05) is 88.3 Å². The van der Waals surface area contributed by atoms with Gasteiger partial charge in [0.05, 0.1) is 62.1 Å². The Hall–Kier alpha value is -18.1. The van der Waals surface area contributed by atoms with E-state index in [1.54, 1.807) is 0 Å². The molecule has 0 N–H and O–H groups in total. The summed E-state index contributed by atoms with van der Waals surface area (Å²) >= 11 is 0. The molecule has 13 heteroatoms. The van der Waals surface area contributed by atoms with E-state index in [9.17, 15) is 0 Å². The summed E-state index contributed by atoms with van der Waals surface area (Å²) in [6.07, 6.45) is 0. The molecule has 0 saturated carbocycles. The molecule has 0 fully saturated rings. The highest BCUT2D eigenvalue weighted by Crippen LogP contribution is 2.55. The molecular formula is C119H75N11O2. The Kier molecular flexibility index (Phi) is 17.6. The predicted octanol–water partition coefficient (Wildman–Crippen LogP) is 31.5. The lowest BCUT2D eigenvalue weighted by Crippen LogP contribution is -2.16. The Morgan fingerprint density at radius 2 is 0.561 bits per heavy atom. The lowest BCUT2D eigenvalue weighted by atomic mass is 9.95. The molecule has 17 aromatic carbocycles. The molecule has 0 amide bonds. The molecule has 25 aromatic rings. The summed E-state index contributed by atoms with van der Waals surface area (Å²) in [5.41, 5.74) is 32.5. The highest BCUT2D eigenvalue weighted by Gasteiger charge is 2.36. The van der Waals surface area contributed by atoms with Crippen LogP contribution in [0.15, 0.2) is 464 Å². The van der Waals surface area contributed by atoms with Gasteiger partial charge in [-0.15, -0.1) is 0 Å². The molecule has 3 aliphatic rings. The first-order valence-electron chi connectivity index (χ1n) is 44.4. The molecule has 11 heterocycles. The molecule has 13 nitrogen and oxygen atoms in total. The molecule has 0 bridgehead atoms. The second kappa shape index (κ2) is 30.9. The first kappa shape index (κ1) is 75.3. The summed E-state index contributed by atoms with van der Waals surface area (Å²) < 4.78 is 19.9. The van der Waals surface area contributed by atoms with Gasteiger partial charge in [-0.1, -0.05) is 334 Å². The van der Waals surface area contributed by atoms with E-state index in [1.165, 1.54) is 44.1 Å². The molecule has 0 radical (unpaired) electrons. The van der Waals surface area contributed by atoms with Gasteiger partial charge < -0.3 is 8.83 Å². The average Bonchev–Trinajstić information content (AvgIpc) is 1.57. The topological polar surface area (TPSA) is 115 Å². The van der Waals surface area contributed by atoms with Gasteiger partial charge in [-0.3, -0.25) is 28.4 Å². The van der Waals surface area contributed by atoms with Gasteiger partial charge in [-0.25, -0.2) is 24.9 Å². The number of anilines is 9. The Morgan fingerprint density at radius 1 is 0.205 bits per heavy atom. The maximum atomic E-state index is 6.45. The van der Waals surface area contributed by atoms with E-state index >= 15 is 0 Å². The second-order valence-electron chi connectivity index (χ2n) is 33.4. The normalized spacial score (nSPS) is 12.2. The molecule has 0 atom stereocenters. The van der Waals surface area contributed by atoms with Gasteiger partial charge in [-0.2, -0.15) is 0 Å². The van der Waals surface area contributed by atoms with E-state index in [0.717, 1.165) is 179 Å². The number of hydrogen-bond donors (Lipinski definition) is 0. The van der Waals surface area contributed by atoms with Crippen LogP contribution in [0.4, 0.5) is 52.1 Å². The number of para-hydroxylation sites is 10. The quantitative estimate of drug-likeness (QED) is 0.146. The maximum absolute atomic E-state index is 6.45. The maximum Gasteiger partial charge on any atom is 0.237 e. The lowest BCUT2D eigenvalue weighted by Gasteiger charge is -2.26. The van der Waals surface area contributed by atoms with Gasteiger partial charge in [0.1, 0.15) is 51.0 Å². The fourth-order valence-corrected chi connectivity index (χ4v) is 19.9. The van der Waals surface area contributed by atoms with Crippen LogP contribution in [0.1, 0.15) is 0 Å². The van der Waals surface area contributed by atoms with Gasteiger partial charge in [0.15, 0.2) is 11.2 Å². The van der Waals surface area contributed by atoms with Crippen molar-refractivity contribution < 1.29 is 8.83 Å². The molecule has 0 saturated heterocycles. The Bertz CT molecular complexity index is 8840. The van der Waals surface area contributed by atoms with E-state index in [-0.39, 0.29) is 0 Å². The first-order chi connectivity index (χ1) is 65.5. The number of pyridine rings is 1. The van der Waals surface area contributed by atoms with Crippen LogP contribution in [-0.4, -0.2) is 38.6 Å². The van der Waals surface area contributed by atoms with E-state index in [0.29, 0.717) is 23.1 Å². The van der Waals surface area contributed by atoms with E-state index in [4.69, 9.17) is 33.8 Å². The van der Waals surface area contributed by atoms with Crippen molar-refractivity contribution >= 4 is 140 Å². The number of nitrogens with zero attached hydrogens (tertiary/aromatic N) is 11. The lowest BCUT2D eigenvalue weighted by molar-refractivity contribution is 0.667. The van der Waals surface area contributed by atoms with E-state index < -0.39 is 0 Å². The van der Waals surface area contributed by atoms with Crippen LogP contribution >= 0.6 is 0 Å². The summed E-state index contributed by atoms with van der Waals surface area (Å²) in [6.45, 7) is 0. The van der Waals surface area contributed by atoms with Crippen LogP contribution in [0.25, 0.3) is 194 Å². The zero-order valence-electron chi connectivity index (χ0n) is 71.0. The van der Waals surface area contributed by atoms with Crippen LogP contribution in [0.3, 0.4) is 0 Å². The molecule has 0 unspecified atom stereocenters. The Labute approximate surface area is 758 Å². The third kappa shape index (κ3) is 12.4. The number of furan rings is 2. The third-order valence-electron chi connectivity index (χ3n) is 25.8. The minimum absolute atomic E-state index is 0.585. The van der Waals surface area contributed by atoms with Crippen LogP contribution < -0.4 is 14.7 Å². The summed E-state index contributed by atoms with van der Waals surface area (Å²) in [5.74, 6) is 4.24. The highest BCUT2D eigenvalue weighted by atomic mass is 16.3. The van der Waals surface area contributed by atoms with Crippen molar-refractivity contribution in [3.05, 3.63) is 455 Å². The molecule has 618 valence electrons. The Morgan fingerprint density at radius 3 is 1.06 bits per heavy atom. The molecule has 0 aliphatic carbocycles. The van der Waals surface area contributed by atoms with Gasteiger partial charge in [0.25, 0.3) is 0 Å². The molecule has 8 aromatic heterocycles. The molecule has 3 aliphatic heterocycles. The summed E-state index contributed by atoms with van der Waals surface area (Å²) in [4.78, 5) is 33.3. The standard InChI is InChI=1S/C43H29N3.C40H24N4O.C36H22N4O/c1-3-14-30(15-4-1)34-27-38(31-16-5-2-6-17-31)44-39(28-34)32-19-13-20-35(26-32)45-41-24-11-8-21-36(41)37-22-9-12-25-42(37)46-40-23-10-7-18-33(40)29-43(45)46;1-2-13-26(14-3-1)37-39-38(30-18-8-11-21-34(30)45-39)42-40(41-37)44-33-23-22-25-12-4-6-16-28(25)36(33)29-17-7-10-20-32(29)43-31-19-9-5-15-27(31)24-35(43)44;1-2-12-23(13-3-1)33-35-34(27-17-7-11-21-31(27)41-35)38-36(37-33)40-30-20-10-6-16-26(30)25-15-5-9-19-29(25)39-28-18-8-4-14-24(28)22-32(39)40/h1-29H;1-24H;1-22H. The first-order valence-corrected chi connectivity index (χ1v) is 44.4. The van der Waals surface area contributed by atoms with Crippen LogP contribution in [0, 0.1) is 0 Å². The van der Waals surface area contributed by atoms with Crippen molar-refractivity contribution in [2.45, 2.75) is 0 Å². The van der Waals surface area contributed by atoms with Crippen molar-refractivity contribution in [1.29, 1.82) is 0 Å². The fraction of sp³-hybridized carbons (Fsp3) is 0. The summed E-state index contributed by atoms with van der Waals surface area (Å²) in [7, 11) is 0. The van der Waals surface area contributed by atoms with Crippen molar-refractivity contribution in [3.8, 4) is 107 Å². The van der Waals surface area contributed by atoms with Crippen molar-refractivity contribution in [1.82, 2.24) is 38.6 Å². The van der Waals surface area contributed by atoms with Crippen LogP contribution in [0.2, 0.25) is 0 Å². The third-order valence-corrected chi connectivity index (χ3v) is 25.8. The van der Waals surface area contributed by atoms with Gasteiger partial charge >= 0.3 is 0 Å². The van der Waals surface area contributed by atoms with Crippen molar-refractivity contribution in [2.75, 3.05) is 14.7 Å². The fourth-order valence-electron chi connectivity index (χ4n) is 19.9. The molecule has 0 spiro atoms. The number of benzene rings is 17. The smallest absolute Gasteiger partial charge is 0.237 e. The number of fused-ring (bicyclic) bond motifs is 29. The van der Waals surface area contributed by atoms with E-state index in [2.05, 4.69) is 405 Å². The van der Waals surface area contributed by atoms with E-state index in [1.807, 2.05) is 78.9 Å². The number of aromatic nitrogens is 8. The minimum Gasteiger partial charge on any atom is -0.452 e. The van der Waals surface area contributed by atoms with Crippen LogP contribution in [-0.2, 0) is 0 Å². The average molecular weight is 1690 g/mol. The predicted molar refractivity (Wildman–Crippen MR) is 539 cm³/mol. The molecular weight excluding hydrogens is 1620 g/mol. The number of rotatable bonds is 8. The molecule has 132 heavy (non-hydrogen) atoms. The minimum atomic E-state index is 0.585. The Balaban J connectivity index is 0.000000104. The monoisotopic (exact) mass is 1690 g/mol. The van der Waals surface area contributed by atoms with Crippen molar-refractivity contribution in [2.24, 2.45) is 0 Å². The van der Waals surface area contributed by atoms with Crippen LogP contribution in [0.5, 0.6) is 0 Å². The SMILES string of the molecule is c1ccc(-c2cc(-c3ccccc3)nc(-c3cccc(N4c5ccccc5-c5ccccc5-n5c4cc4ccccc45)c3)c2)cc1.c1ccc(-c2nc(N3c4ccc5ccccc5c4-c4ccccc4-n4c3cc3ccccc34)nc3c2oc2ccccc23)cc1.c1ccc(-c2nc(N3c4ccccc4-c4ccccc4-n4c3cc3ccccc34)nc3c2oc2ccccc23)cc1. The molecule has 28 rings (SSSR count).